The van der Waals surface area contributed by atoms with Gasteiger partial charge in [-0.05, 0) is 24.6 Å². The fraction of sp³-hybridized carbons (Fsp3) is 0.385. The summed E-state index contributed by atoms with van der Waals surface area (Å²) in [5.41, 5.74) is 0. The molecule has 0 atom stereocenters. The lowest BCUT2D eigenvalue weighted by Crippen LogP contribution is -2.33. The summed E-state index contributed by atoms with van der Waals surface area (Å²) >= 11 is 0. The molecule has 0 unspecified atom stereocenters. The van der Waals surface area contributed by atoms with Gasteiger partial charge in [-0.2, -0.15) is 0 Å². The van der Waals surface area contributed by atoms with Crippen LogP contribution in [0, 0.1) is 0 Å². The number of furan rings is 1. The van der Waals surface area contributed by atoms with E-state index in [2.05, 4.69) is 0 Å². The molecule has 104 valence electrons. The molecular formula is C13H17NO5. The fourth-order valence-corrected chi connectivity index (χ4v) is 1.47. The Morgan fingerprint density at radius 3 is 2.74 bits per heavy atom. The molecule has 6 nitrogen and oxygen atoms in total. The minimum atomic E-state index is -0.961. The number of carbonyl (C=O) groups is 2. The number of aliphatic hydroxyl groups excluding tert-OH is 1. The predicted molar refractivity (Wildman–Crippen MR) is 68.3 cm³/mol. The van der Waals surface area contributed by atoms with E-state index >= 15 is 0 Å². The van der Waals surface area contributed by atoms with E-state index in [1.807, 2.05) is 0 Å². The molecule has 2 N–H and O–H groups in total. The molecular weight excluding hydrogens is 250 g/mol. The van der Waals surface area contributed by atoms with Gasteiger partial charge in [0.15, 0.2) is 0 Å². The summed E-state index contributed by atoms with van der Waals surface area (Å²) in [6, 6.07) is 3.41. The zero-order valence-corrected chi connectivity index (χ0v) is 10.5. The Labute approximate surface area is 110 Å². The number of amides is 1. The van der Waals surface area contributed by atoms with Crippen molar-refractivity contribution in [2.75, 3.05) is 19.7 Å². The van der Waals surface area contributed by atoms with E-state index in [1.165, 1.54) is 23.3 Å². The Hall–Kier alpha value is -2.08. The number of aliphatic hydroxyl groups is 1. The second-order valence-electron chi connectivity index (χ2n) is 3.89. The number of hydrogen-bond donors (Lipinski definition) is 2. The number of aliphatic carboxylic acids is 1. The zero-order valence-electron chi connectivity index (χ0n) is 10.5. The molecule has 1 aromatic heterocycles. The third kappa shape index (κ3) is 5.87. The van der Waals surface area contributed by atoms with Crippen LogP contribution in [0.25, 0.3) is 6.08 Å². The zero-order chi connectivity index (χ0) is 14.1. The maximum atomic E-state index is 11.9. The normalized spacial score (nSPS) is 10.8. The summed E-state index contributed by atoms with van der Waals surface area (Å²) < 4.78 is 5.05. The van der Waals surface area contributed by atoms with E-state index in [-0.39, 0.29) is 25.5 Å². The molecule has 0 bridgehead atoms. The molecule has 1 aromatic rings. The topological polar surface area (TPSA) is 91.0 Å². The van der Waals surface area contributed by atoms with E-state index in [9.17, 15) is 9.59 Å². The summed E-state index contributed by atoms with van der Waals surface area (Å²) in [4.78, 5) is 23.8. The molecule has 1 amide bonds. The molecule has 0 aromatic carbocycles. The highest BCUT2D eigenvalue weighted by atomic mass is 16.4. The highest BCUT2D eigenvalue weighted by Gasteiger charge is 2.11. The molecule has 0 aliphatic heterocycles. The highest BCUT2D eigenvalue weighted by molar-refractivity contribution is 5.91. The van der Waals surface area contributed by atoms with Crippen molar-refractivity contribution in [2.24, 2.45) is 0 Å². The quantitative estimate of drug-likeness (QED) is 0.685. The third-order valence-electron chi connectivity index (χ3n) is 2.43. The Kier molecular flexibility index (Phi) is 6.38. The van der Waals surface area contributed by atoms with Gasteiger partial charge in [0.2, 0.25) is 5.91 Å². The van der Waals surface area contributed by atoms with E-state index in [0.717, 1.165) is 0 Å². The van der Waals surface area contributed by atoms with Gasteiger partial charge >= 0.3 is 5.97 Å². The predicted octanol–water partition coefficient (Wildman–Crippen LogP) is 0.978. The number of carboxylic acid groups (broad SMARTS) is 1. The number of carbonyl (C=O) groups excluding carboxylic acids is 1. The van der Waals surface area contributed by atoms with Gasteiger partial charge in [-0.25, -0.2) is 0 Å². The minimum absolute atomic E-state index is 0.0429. The van der Waals surface area contributed by atoms with Crippen LogP contribution >= 0.6 is 0 Å². The largest absolute Gasteiger partial charge is 0.481 e. The smallest absolute Gasteiger partial charge is 0.305 e. The number of rotatable bonds is 8. The van der Waals surface area contributed by atoms with Crippen molar-refractivity contribution in [2.45, 2.75) is 12.8 Å². The van der Waals surface area contributed by atoms with Crippen LogP contribution in [0.5, 0.6) is 0 Å². The average molecular weight is 267 g/mol. The molecule has 0 spiro atoms. The van der Waals surface area contributed by atoms with Crippen molar-refractivity contribution < 1.29 is 24.2 Å². The first-order valence-electron chi connectivity index (χ1n) is 5.96. The lowest BCUT2D eigenvalue weighted by molar-refractivity contribution is -0.138. The van der Waals surface area contributed by atoms with Crippen molar-refractivity contribution >= 4 is 18.0 Å². The van der Waals surface area contributed by atoms with E-state index in [1.54, 1.807) is 12.1 Å². The Morgan fingerprint density at radius 2 is 2.16 bits per heavy atom. The molecule has 0 saturated heterocycles. The van der Waals surface area contributed by atoms with Gasteiger partial charge in [-0.1, -0.05) is 0 Å². The second kappa shape index (κ2) is 8.10. The number of carboxylic acids is 1. The fourth-order valence-electron chi connectivity index (χ4n) is 1.47. The summed E-state index contributed by atoms with van der Waals surface area (Å²) in [6.07, 6.45) is 4.65. The van der Waals surface area contributed by atoms with Crippen molar-refractivity contribution in [1.29, 1.82) is 0 Å². The van der Waals surface area contributed by atoms with Crippen LogP contribution < -0.4 is 0 Å². The lowest BCUT2D eigenvalue weighted by Gasteiger charge is -2.19. The third-order valence-corrected chi connectivity index (χ3v) is 2.43. The molecule has 0 aliphatic rings. The summed E-state index contributed by atoms with van der Waals surface area (Å²) in [6.45, 7) is 0.403. The van der Waals surface area contributed by atoms with Crippen LogP contribution in [0.3, 0.4) is 0 Å². The minimum Gasteiger partial charge on any atom is -0.481 e. The highest BCUT2D eigenvalue weighted by Crippen LogP contribution is 2.04. The number of hydrogen-bond acceptors (Lipinski definition) is 4. The molecule has 0 saturated carbocycles. The Morgan fingerprint density at radius 1 is 1.37 bits per heavy atom. The van der Waals surface area contributed by atoms with Gasteiger partial charge in [0, 0.05) is 25.8 Å². The molecule has 0 radical (unpaired) electrons. The Bertz CT molecular complexity index is 424. The van der Waals surface area contributed by atoms with Crippen LogP contribution in [0.1, 0.15) is 18.6 Å². The standard InChI is InChI=1S/C13H17NO5/c15-9-2-7-14(8-6-13(17)18)12(16)5-4-11-3-1-10-19-11/h1,3-5,10,15H,2,6-9H2,(H,17,18)/b5-4+. The van der Waals surface area contributed by atoms with E-state index in [0.29, 0.717) is 18.7 Å². The van der Waals surface area contributed by atoms with Gasteiger partial charge < -0.3 is 19.5 Å². The Balaban J connectivity index is 2.56. The summed E-state index contributed by atoms with van der Waals surface area (Å²) in [5.74, 6) is -0.711. The first-order chi connectivity index (χ1) is 9.13. The van der Waals surface area contributed by atoms with Crippen LogP contribution in [0.2, 0.25) is 0 Å². The molecule has 0 aliphatic carbocycles. The van der Waals surface area contributed by atoms with Crippen molar-refractivity contribution in [3.8, 4) is 0 Å². The molecule has 0 fully saturated rings. The first kappa shape index (κ1) is 15.0. The maximum Gasteiger partial charge on any atom is 0.305 e. The van der Waals surface area contributed by atoms with Crippen LogP contribution in [0.4, 0.5) is 0 Å². The molecule has 1 heterocycles. The maximum absolute atomic E-state index is 11.9. The molecule has 6 heteroatoms. The van der Waals surface area contributed by atoms with Crippen molar-refractivity contribution in [3.63, 3.8) is 0 Å². The molecule has 1 rings (SSSR count). The van der Waals surface area contributed by atoms with Gasteiger partial charge in [0.25, 0.3) is 0 Å². The van der Waals surface area contributed by atoms with E-state index in [4.69, 9.17) is 14.6 Å². The average Bonchev–Trinajstić information content (AvgIpc) is 2.89. The van der Waals surface area contributed by atoms with Gasteiger partial charge in [0.05, 0.1) is 12.7 Å². The second-order valence-corrected chi connectivity index (χ2v) is 3.89. The lowest BCUT2D eigenvalue weighted by atomic mass is 10.3. The van der Waals surface area contributed by atoms with E-state index < -0.39 is 5.97 Å². The number of nitrogens with zero attached hydrogens (tertiary/aromatic N) is 1. The molecule has 19 heavy (non-hydrogen) atoms. The van der Waals surface area contributed by atoms with Crippen molar-refractivity contribution in [3.05, 3.63) is 30.2 Å². The van der Waals surface area contributed by atoms with Crippen LogP contribution in [-0.2, 0) is 9.59 Å². The van der Waals surface area contributed by atoms with Crippen molar-refractivity contribution in [1.82, 2.24) is 4.90 Å². The summed E-state index contributed by atoms with van der Waals surface area (Å²) in [5, 5.41) is 17.4. The van der Waals surface area contributed by atoms with Gasteiger partial charge in [-0.15, -0.1) is 0 Å². The van der Waals surface area contributed by atoms with Gasteiger partial charge in [0.1, 0.15) is 5.76 Å². The summed E-state index contributed by atoms with van der Waals surface area (Å²) in [7, 11) is 0. The van der Waals surface area contributed by atoms with Crippen LogP contribution in [0.15, 0.2) is 28.9 Å². The first-order valence-corrected chi connectivity index (χ1v) is 5.96. The van der Waals surface area contributed by atoms with Crippen LogP contribution in [-0.4, -0.2) is 46.7 Å². The van der Waals surface area contributed by atoms with Gasteiger partial charge in [-0.3, -0.25) is 9.59 Å². The monoisotopic (exact) mass is 267 g/mol. The SMILES string of the molecule is O=C(O)CCN(CCCO)C(=O)/C=C/c1ccco1.